The predicted molar refractivity (Wildman–Crippen MR) is 108 cm³/mol. The number of nitrogens with one attached hydrogen (secondary N) is 2. The molecule has 0 unspecified atom stereocenters. The lowest BCUT2D eigenvalue weighted by atomic mass is 10.2. The van der Waals surface area contributed by atoms with Crippen LogP contribution in [-0.4, -0.2) is 5.11 Å². The monoisotopic (exact) mass is 346 g/mol. The third kappa shape index (κ3) is 5.22. The highest BCUT2D eigenvalue weighted by molar-refractivity contribution is 7.80. The van der Waals surface area contributed by atoms with Crippen LogP contribution in [0.2, 0.25) is 0 Å². The second kappa shape index (κ2) is 8.17. The second-order valence-corrected chi connectivity index (χ2v) is 5.94. The molecule has 0 heterocycles. The summed E-state index contributed by atoms with van der Waals surface area (Å²) in [7, 11) is 0. The minimum atomic E-state index is 0.544. The summed E-state index contributed by atoms with van der Waals surface area (Å²) in [5, 5.41) is 15.3. The summed E-state index contributed by atoms with van der Waals surface area (Å²) in [6.07, 6.45) is 0. The first-order valence-corrected chi connectivity index (χ1v) is 8.31. The topological polar surface area (TPSA) is 48.8 Å². The lowest BCUT2D eigenvalue weighted by molar-refractivity contribution is 1.23. The predicted octanol–water partition coefficient (Wildman–Crippen LogP) is 6.22. The highest BCUT2D eigenvalue weighted by Crippen LogP contribution is 2.20. The van der Waals surface area contributed by atoms with E-state index in [0.717, 1.165) is 22.7 Å². The molecule has 0 saturated heterocycles. The van der Waals surface area contributed by atoms with E-state index in [4.69, 9.17) is 12.2 Å². The Bertz CT molecular complexity index is 856. The van der Waals surface area contributed by atoms with E-state index in [1.165, 1.54) is 5.56 Å². The molecule has 124 valence electrons. The van der Waals surface area contributed by atoms with E-state index >= 15 is 0 Å². The van der Waals surface area contributed by atoms with Gasteiger partial charge < -0.3 is 10.6 Å². The summed E-state index contributed by atoms with van der Waals surface area (Å²) < 4.78 is 0. The van der Waals surface area contributed by atoms with Crippen LogP contribution in [0.1, 0.15) is 5.56 Å². The van der Waals surface area contributed by atoms with Gasteiger partial charge in [-0.3, -0.25) is 0 Å². The van der Waals surface area contributed by atoms with Crippen molar-refractivity contribution in [2.75, 3.05) is 10.6 Å². The zero-order valence-electron chi connectivity index (χ0n) is 13.8. The molecule has 2 N–H and O–H groups in total. The smallest absolute Gasteiger partial charge is 0.175 e. The van der Waals surface area contributed by atoms with Gasteiger partial charge in [0, 0.05) is 11.4 Å². The number of azo groups is 1. The van der Waals surface area contributed by atoms with Gasteiger partial charge in [-0.05, 0) is 67.7 Å². The van der Waals surface area contributed by atoms with Gasteiger partial charge in [0.25, 0.3) is 0 Å². The van der Waals surface area contributed by atoms with Crippen molar-refractivity contribution in [1.29, 1.82) is 0 Å². The van der Waals surface area contributed by atoms with Crippen LogP contribution in [0.4, 0.5) is 22.7 Å². The van der Waals surface area contributed by atoms with E-state index in [9.17, 15) is 0 Å². The third-order valence-corrected chi connectivity index (χ3v) is 3.68. The fourth-order valence-corrected chi connectivity index (χ4v) is 2.39. The summed E-state index contributed by atoms with van der Waals surface area (Å²) in [5.74, 6) is 0. The molecule has 0 aliphatic heterocycles. The van der Waals surface area contributed by atoms with Gasteiger partial charge in [0.05, 0.1) is 11.4 Å². The van der Waals surface area contributed by atoms with E-state index in [-0.39, 0.29) is 0 Å². The van der Waals surface area contributed by atoms with Crippen molar-refractivity contribution in [2.24, 2.45) is 10.2 Å². The lowest BCUT2D eigenvalue weighted by Crippen LogP contribution is -2.18. The van der Waals surface area contributed by atoms with E-state index in [1.807, 2.05) is 78.9 Å². The lowest BCUT2D eigenvalue weighted by Gasteiger charge is -2.10. The molecule has 0 saturated carbocycles. The minimum absolute atomic E-state index is 0.544. The van der Waals surface area contributed by atoms with Gasteiger partial charge in [-0.15, -0.1) is 0 Å². The average molecular weight is 346 g/mol. The fourth-order valence-electron chi connectivity index (χ4n) is 2.15. The van der Waals surface area contributed by atoms with Crippen molar-refractivity contribution in [3.8, 4) is 0 Å². The van der Waals surface area contributed by atoms with E-state index < -0.39 is 0 Å². The van der Waals surface area contributed by atoms with Crippen LogP contribution in [0, 0.1) is 6.92 Å². The Hall–Kier alpha value is -3.05. The van der Waals surface area contributed by atoms with Crippen LogP contribution in [0.25, 0.3) is 0 Å². The van der Waals surface area contributed by atoms with Crippen LogP contribution < -0.4 is 10.6 Å². The summed E-state index contributed by atoms with van der Waals surface area (Å²) in [4.78, 5) is 0. The van der Waals surface area contributed by atoms with Gasteiger partial charge in [-0.25, -0.2) is 0 Å². The second-order valence-electron chi connectivity index (χ2n) is 5.53. The average Bonchev–Trinajstić information content (AvgIpc) is 2.64. The zero-order chi connectivity index (χ0) is 17.5. The Morgan fingerprint density at radius 3 is 1.72 bits per heavy atom. The minimum Gasteiger partial charge on any atom is -0.332 e. The molecule has 0 amide bonds. The zero-order valence-corrected chi connectivity index (χ0v) is 14.6. The molecule has 0 fully saturated rings. The number of nitrogens with zero attached hydrogens (tertiary/aromatic N) is 2. The van der Waals surface area contributed by atoms with Crippen LogP contribution in [0.5, 0.6) is 0 Å². The maximum Gasteiger partial charge on any atom is 0.175 e. The molecule has 4 nitrogen and oxygen atoms in total. The Kier molecular flexibility index (Phi) is 5.49. The van der Waals surface area contributed by atoms with Crippen LogP contribution in [-0.2, 0) is 0 Å². The Morgan fingerprint density at radius 2 is 1.16 bits per heavy atom. The molecule has 0 aliphatic carbocycles. The first-order chi connectivity index (χ1) is 12.2. The number of benzene rings is 3. The molecule has 3 aromatic rings. The summed E-state index contributed by atoms with van der Waals surface area (Å²) in [5.41, 5.74) is 4.67. The van der Waals surface area contributed by atoms with Crippen molar-refractivity contribution in [1.82, 2.24) is 0 Å². The SMILES string of the molecule is Cc1ccc(NC(=S)Nc2ccc(N=Nc3ccccc3)cc2)cc1. The number of anilines is 2. The molecule has 3 aromatic carbocycles. The first kappa shape index (κ1) is 16.8. The molecule has 5 heteroatoms. The standard InChI is InChI=1S/C20H18N4S/c1-15-7-9-16(10-8-15)21-20(25)22-17-11-13-19(14-12-17)24-23-18-5-3-2-4-6-18/h2-14H,1H3,(H2,21,22,25). The number of rotatable bonds is 4. The van der Waals surface area contributed by atoms with Crippen LogP contribution in [0.3, 0.4) is 0 Å². The largest absolute Gasteiger partial charge is 0.332 e. The van der Waals surface area contributed by atoms with Gasteiger partial charge in [-0.2, -0.15) is 10.2 Å². The Labute approximate surface area is 152 Å². The number of aryl methyl sites for hydroxylation is 1. The first-order valence-electron chi connectivity index (χ1n) is 7.90. The summed E-state index contributed by atoms with van der Waals surface area (Å²) in [6.45, 7) is 2.05. The highest BCUT2D eigenvalue weighted by Gasteiger charge is 1.99. The maximum absolute atomic E-state index is 5.33. The Balaban J connectivity index is 1.57. The molecule has 0 aromatic heterocycles. The molecule has 0 radical (unpaired) electrons. The van der Waals surface area contributed by atoms with E-state index in [0.29, 0.717) is 5.11 Å². The van der Waals surface area contributed by atoms with E-state index in [1.54, 1.807) is 0 Å². The molecule has 0 bridgehead atoms. The van der Waals surface area contributed by atoms with Gasteiger partial charge >= 0.3 is 0 Å². The quantitative estimate of drug-likeness (QED) is 0.435. The van der Waals surface area contributed by atoms with Crippen LogP contribution in [0.15, 0.2) is 89.1 Å². The number of hydrogen-bond donors (Lipinski definition) is 2. The van der Waals surface area contributed by atoms with Gasteiger partial charge in [0.1, 0.15) is 0 Å². The Morgan fingerprint density at radius 1 is 0.680 bits per heavy atom. The van der Waals surface area contributed by atoms with Gasteiger partial charge in [-0.1, -0.05) is 35.9 Å². The number of thiocarbonyl (C=S) groups is 1. The molecule has 25 heavy (non-hydrogen) atoms. The molecular weight excluding hydrogens is 328 g/mol. The molecule has 0 atom stereocenters. The van der Waals surface area contributed by atoms with Crippen LogP contribution >= 0.6 is 12.2 Å². The molecule has 3 rings (SSSR count). The van der Waals surface area contributed by atoms with Gasteiger partial charge in [0.2, 0.25) is 0 Å². The van der Waals surface area contributed by atoms with Crippen molar-refractivity contribution in [3.05, 3.63) is 84.4 Å². The van der Waals surface area contributed by atoms with Crippen molar-refractivity contribution in [3.63, 3.8) is 0 Å². The highest BCUT2D eigenvalue weighted by atomic mass is 32.1. The van der Waals surface area contributed by atoms with Crippen molar-refractivity contribution >= 4 is 40.1 Å². The molecule has 0 aliphatic rings. The number of hydrogen-bond acceptors (Lipinski definition) is 3. The molecular formula is C20H18N4S. The summed E-state index contributed by atoms with van der Waals surface area (Å²) in [6, 6.07) is 25.3. The molecule has 0 spiro atoms. The van der Waals surface area contributed by atoms with E-state index in [2.05, 4.69) is 27.8 Å². The van der Waals surface area contributed by atoms with Crippen molar-refractivity contribution in [2.45, 2.75) is 6.92 Å². The summed E-state index contributed by atoms with van der Waals surface area (Å²) >= 11 is 5.33. The third-order valence-electron chi connectivity index (χ3n) is 3.47. The normalized spacial score (nSPS) is 10.6. The van der Waals surface area contributed by atoms with Crippen molar-refractivity contribution < 1.29 is 0 Å². The van der Waals surface area contributed by atoms with Gasteiger partial charge in [0.15, 0.2) is 5.11 Å². The maximum atomic E-state index is 5.33. The fraction of sp³-hybridized carbons (Fsp3) is 0.0500.